The van der Waals surface area contributed by atoms with Crippen molar-refractivity contribution in [1.29, 1.82) is 0 Å². The molecule has 1 fully saturated rings. The molecular weight excluding hydrogens is 326 g/mol. The fraction of sp³-hybridized carbons (Fsp3) is 0.625. The molecule has 1 aliphatic carbocycles. The van der Waals surface area contributed by atoms with Crippen molar-refractivity contribution in [2.45, 2.75) is 57.2 Å². The summed E-state index contributed by atoms with van der Waals surface area (Å²) in [5.41, 5.74) is 1.94. The Balaban J connectivity index is 1.85. The van der Waals surface area contributed by atoms with Crippen LogP contribution in [0.25, 0.3) is 11.0 Å². The number of fused-ring (bicyclic) bond motifs is 1. The highest BCUT2D eigenvalue weighted by Crippen LogP contribution is 2.40. The van der Waals surface area contributed by atoms with Gasteiger partial charge in [-0.1, -0.05) is 6.42 Å². The highest BCUT2D eigenvalue weighted by molar-refractivity contribution is 7.91. The van der Waals surface area contributed by atoms with E-state index in [1.165, 1.54) is 0 Å². The molecule has 0 atom stereocenters. The maximum absolute atomic E-state index is 12.9. The molecule has 0 aromatic carbocycles. The van der Waals surface area contributed by atoms with Gasteiger partial charge in [-0.2, -0.15) is 5.10 Å². The van der Waals surface area contributed by atoms with Gasteiger partial charge in [0.25, 0.3) is 0 Å². The van der Waals surface area contributed by atoms with E-state index in [2.05, 4.69) is 25.2 Å². The van der Waals surface area contributed by atoms with Crippen molar-refractivity contribution >= 4 is 26.7 Å². The van der Waals surface area contributed by atoms with Gasteiger partial charge in [0.05, 0.1) is 5.39 Å². The van der Waals surface area contributed by atoms with Crippen LogP contribution in [-0.2, 0) is 10.0 Å². The SMILES string of the molecule is Cc1[nH]nc2nccc(NCC3(S(=O)(=O)NC(C)(C)C)CCC3)c12. The van der Waals surface area contributed by atoms with E-state index in [0.29, 0.717) is 25.0 Å². The molecule has 132 valence electrons. The number of hydrogen-bond donors (Lipinski definition) is 3. The molecule has 0 bridgehead atoms. The standard InChI is InChI=1S/C16H25N5O2S/c1-11-13-12(6-9-17-14(13)20-19-11)18-10-16(7-5-8-16)24(22,23)21-15(2,3)4/h6,9,21H,5,7-8,10H2,1-4H3,(H2,17,18,19,20). The Labute approximate surface area is 142 Å². The molecule has 0 unspecified atom stereocenters. The van der Waals surface area contributed by atoms with Gasteiger partial charge in [0, 0.05) is 29.7 Å². The predicted octanol–water partition coefficient (Wildman–Crippen LogP) is 2.32. The van der Waals surface area contributed by atoms with E-state index in [9.17, 15) is 8.42 Å². The van der Waals surface area contributed by atoms with Crippen LogP contribution >= 0.6 is 0 Å². The maximum atomic E-state index is 12.9. The summed E-state index contributed by atoms with van der Waals surface area (Å²) in [6.45, 7) is 7.91. The third kappa shape index (κ3) is 3.00. The Morgan fingerprint density at radius 1 is 1.33 bits per heavy atom. The van der Waals surface area contributed by atoms with Gasteiger partial charge in [0.15, 0.2) is 5.65 Å². The highest BCUT2D eigenvalue weighted by atomic mass is 32.2. The third-order valence-corrected chi connectivity index (χ3v) is 7.09. The van der Waals surface area contributed by atoms with Gasteiger partial charge < -0.3 is 5.32 Å². The number of sulfonamides is 1. The third-order valence-electron chi connectivity index (χ3n) is 4.51. The number of aromatic nitrogens is 3. The monoisotopic (exact) mass is 351 g/mol. The Bertz CT molecular complexity index is 847. The number of rotatable bonds is 5. The first-order valence-electron chi connectivity index (χ1n) is 8.21. The summed E-state index contributed by atoms with van der Waals surface area (Å²) in [6.07, 6.45) is 3.96. The minimum Gasteiger partial charge on any atom is -0.383 e. The minimum absolute atomic E-state index is 0.377. The van der Waals surface area contributed by atoms with Crippen LogP contribution in [0.4, 0.5) is 5.69 Å². The van der Waals surface area contributed by atoms with Crippen molar-refractivity contribution in [1.82, 2.24) is 19.9 Å². The van der Waals surface area contributed by atoms with Crippen LogP contribution in [-0.4, -0.2) is 40.4 Å². The number of anilines is 1. The van der Waals surface area contributed by atoms with Gasteiger partial charge in [-0.25, -0.2) is 18.1 Å². The lowest BCUT2D eigenvalue weighted by Gasteiger charge is -2.42. The number of nitrogens with one attached hydrogen (secondary N) is 3. The number of nitrogens with zero attached hydrogens (tertiary/aromatic N) is 2. The second kappa shape index (κ2) is 5.70. The summed E-state index contributed by atoms with van der Waals surface area (Å²) in [5.74, 6) is 0. The number of aryl methyl sites for hydroxylation is 1. The van der Waals surface area contributed by atoms with E-state index in [0.717, 1.165) is 23.2 Å². The number of aromatic amines is 1. The van der Waals surface area contributed by atoms with Gasteiger partial charge in [-0.15, -0.1) is 0 Å². The van der Waals surface area contributed by atoms with Gasteiger partial charge in [-0.05, 0) is 46.6 Å². The first-order chi connectivity index (χ1) is 11.1. The maximum Gasteiger partial charge on any atom is 0.219 e. The van der Waals surface area contributed by atoms with Crippen LogP contribution in [0, 0.1) is 6.92 Å². The average Bonchev–Trinajstić information content (AvgIpc) is 2.77. The molecular formula is C16H25N5O2S. The van der Waals surface area contributed by atoms with Crippen LogP contribution in [0.5, 0.6) is 0 Å². The normalized spacial score (nSPS) is 17.7. The molecule has 1 aliphatic rings. The topological polar surface area (TPSA) is 99.8 Å². The fourth-order valence-electron chi connectivity index (χ4n) is 3.12. The van der Waals surface area contributed by atoms with Gasteiger partial charge in [0.1, 0.15) is 4.75 Å². The summed E-state index contributed by atoms with van der Waals surface area (Å²) in [6, 6.07) is 1.86. The first-order valence-corrected chi connectivity index (χ1v) is 9.69. The van der Waals surface area contributed by atoms with E-state index in [1.807, 2.05) is 33.8 Å². The van der Waals surface area contributed by atoms with E-state index < -0.39 is 20.3 Å². The molecule has 2 aromatic rings. The molecule has 1 saturated carbocycles. The van der Waals surface area contributed by atoms with Gasteiger partial charge >= 0.3 is 0 Å². The van der Waals surface area contributed by atoms with Crippen LogP contribution in [0.3, 0.4) is 0 Å². The number of H-pyrrole nitrogens is 1. The molecule has 7 nitrogen and oxygen atoms in total. The lowest BCUT2D eigenvalue weighted by Crippen LogP contribution is -2.58. The van der Waals surface area contributed by atoms with Crippen LogP contribution in [0.1, 0.15) is 45.7 Å². The summed E-state index contributed by atoms with van der Waals surface area (Å²) in [5, 5.41) is 11.3. The predicted molar refractivity (Wildman–Crippen MR) is 95.5 cm³/mol. The first kappa shape index (κ1) is 17.2. The second-order valence-corrected chi connectivity index (χ2v) is 9.73. The van der Waals surface area contributed by atoms with Crippen molar-refractivity contribution in [3.05, 3.63) is 18.0 Å². The van der Waals surface area contributed by atoms with E-state index in [1.54, 1.807) is 6.20 Å². The van der Waals surface area contributed by atoms with Crippen LogP contribution in [0.15, 0.2) is 12.3 Å². The molecule has 24 heavy (non-hydrogen) atoms. The molecule has 2 aromatic heterocycles. The number of pyridine rings is 1. The lowest BCUT2D eigenvalue weighted by atomic mass is 9.84. The van der Waals surface area contributed by atoms with E-state index in [-0.39, 0.29) is 0 Å². The zero-order valence-corrected chi connectivity index (χ0v) is 15.4. The van der Waals surface area contributed by atoms with E-state index >= 15 is 0 Å². The zero-order chi connectivity index (χ0) is 17.6. The smallest absolute Gasteiger partial charge is 0.219 e. The summed E-state index contributed by atoms with van der Waals surface area (Å²) < 4.78 is 27.8. The van der Waals surface area contributed by atoms with Crippen molar-refractivity contribution in [2.75, 3.05) is 11.9 Å². The molecule has 0 radical (unpaired) electrons. The van der Waals surface area contributed by atoms with Crippen molar-refractivity contribution in [2.24, 2.45) is 0 Å². The van der Waals surface area contributed by atoms with Crippen molar-refractivity contribution in [3.63, 3.8) is 0 Å². The summed E-state index contributed by atoms with van der Waals surface area (Å²) in [7, 11) is -3.41. The molecule has 0 spiro atoms. The number of hydrogen-bond acceptors (Lipinski definition) is 5. The van der Waals surface area contributed by atoms with Crippen LogP contribution in [0.2, 0.25) is 0 Å². The fourth-order valence-corrected chi connectivity index (χ4v) is 5.24. The quantitative estimate of drug-likeness (QED) is 0.768. The Morgan fingerprint density at radius 2 is 2.04 bits per heavy atom. The van der Waals surface area contributed by atoms with Crippen molar-refractivity contribution in [3.8, 4) is 0 Å². The molecule has 0 amide bonds. The Morgan fingerprint density at radius 3 is 2.62 bits per heavy atom. The summed E-state index contributed by atoms with van der Waals surface area (Å²) in [4.78, 5) is 4.23. The Hall–Kier alpha value is -1.67. The minimum atomic E-state index is -3.41. The highest BCUT2D eigenvalue weighted by Gasteiger charge is 2.49. The van der Waals surface area contributed by atoms with Gasteiger partial charge in [0.2, 0.25) is 10.0 Å². The molecule has 0 aliphatic heterocycles. The van der Waals surface area contributed by atoms with Gasteiger partial charge in [-0.3, -0.25) is 5.10 Å². The van der Waals surface area contributed by atoms with E-state index in [4.69, 9.17) is 0 Å². The molecule has 0 saturated heterocycles. The second-order valence-electron chi connectivity index (χ2n) is 7.65. The van der Waals surface area contributed by atoms with Crippen molar-refractivity contribution < 1.29 is 8.42 Å². The molecule has 3 rings (SSSR count). The lowest BCUT2D eigenvalue weighted by molar-refractivity contribution is 0.339. The molecule has 2 heterocycles. The summed E-state index contributed by atoms with van der Waals surface area (Å²) >= 11 is 0. The average molecular weight is 351 g/mol. The van der Waals surface area contributed by atoms with Crippen LogP contribution < -0.4 is 10.0 Å². The Kier molecular flexibility index (Phi) is 4.08. The largest absolute Gasteiger partial charge is 0.383 e. The zero-order valence-electron chi connectivity index (χ0n) is 14.6. The molecule has 3 N–H and O–H groups in total. The molecule has 8 heteroatoms.